The summed E-state index contributed by atoms with van der Waals surface area (Å²) in [5, 5.41) is 13.9. The average Bonchev–Trinajstić information content (AvgIpc) is 2.50. The highest BCUT2D eigenvalue weighted by Crippen LogP contribution is 1.99. The van der Waals surface area contributed by atoms with Gasteiger partial charge in [0, 0.05) is 18.3 Å². The maximum atomic E-state index is 11.9. The van der Waals surface area contributed by atoms with E-state index in [1.165, 1.54) is 12.3 Å². The number of nitrogens with zero attached hydrogens (tertiary/aromatic N) is 1. The first-order valence-corrected chi connectivity index (χ1v) is 6.72. The summed E-state index contributed by atoms with van der Waals surface area (Å²) in [6.45, 7) is 3.92. The van der Waals surface area contributed by atoms with Gasteiger partial charge in [0.05, 0.1) is 0 Å². The van der Waals surface area contributed by atoms with Crippen LogP contribution < -0.4 is 10.6 Å². The van der Waals surface area contributed by atoms with Gasteiger partial charge in [0.2, 0.25) is 5.91 Å². The Bertz CT molecular complexity index is 544. The van der Waals surface area contributed by atoms with Crippen molar-refractivity contribution < 1.29 is 14.7 Å². The summed E-state index contributed by atoms with van der Waals surface area (Å²) in [7, 11) is 0. The Balaban J connectivity index is 2.61. The van der Waals surface area contributed by atoms with Gasteiger partial charge in [-0.3, -0.25) is 9.59 Å². The Morgan fingerprint density at radius 1 is 1.43 bits per heavy atom. The fourth-order valence-electron chi connectivity index (χ4n) is 1.48. The molecular weight excluding hydrogens is 270 g/mol. The van der Waals surface area contributed by atoms with Gasteiger partial charge in [-0.25, -0.2) is 4.98 Å². The van der Waals surface area contributed by atoms with Crippen LogP contribution in [0.2, 0.25) is 0 Å². The molecule has 0 spiro atoms. The second-order valence-electron chi connectivity index (χ2n) is 4.38. The molecule has 0 saturated heterocycles. The number of pyridine rings is 1. The third kappa shape index (κ3) is 5.63. The fourth-order valence-corrected chi connectivity index (χ4v) is 1.48. The summed E-state index contributed by atoms with van der Waals surface area (Å²) in [6.07, 6.45) is 2.28. The Hall–Kier alpha value is -2.39. The lowest BCUT2D eigenvalue weighted by Crippen LogP contribution is -2.45. The lowest BCUT2D eigenvalue weighted by atomic mass is 10.2. The van der Waals surface area contributed by atoms with E-state index in [2.05, 4.69) is 27.5 Å². The van der Waals surface area contributed by atoms with E-state index in [1.54, 1.807) is 13.0 Å². The van der Waals surface area contributed by atoms with Gasteiger partial charge < -0.3 is 15.7 Å². The van der Waals surface area contributed by atoms with Gasteiger partial charge in [-0.2, -0.15) is 0 Å². The molecule has 0 aliphatic carbocycles. The third-order valence-electron chi connectivity index (χ3n) is 2.60. The van der Waals surface area contributed by atoms with Crippen molar-refractivity contribution in [3.63, 3.8) is 0 Å². The predicted octanol–water partition coefficient (Wildman–Crippen LogP) is 0.0699. The van der Waals surface area contributed by atoms with E-state index in [4.69, 9.17) is 5.11 Å². The molecule has 6 heteroatoms. The van der Waals surface area contributed by atoms with E-state index in [9.17, 15) is 9.59 Å². The summed E-state index contributed by atoms with van der Waals surface area (Å²) in [6, 6.07) is 2.53. The fraction of sp³-hybridized carbons (Fsp3) is 0.400. The van der Waals surface area contributed by atoms with Gasteiger partial charge in [-0.05, 0) is 25.5 Å². The van der Waals surface area contributed by atoms with E-state index < -0.39 is 11.9 Å². The number of rotatable bonds is 5. The molecule has 112 valence electrons. The first-order chi connectivity index (χ1) is 10.1. The molecule has 0 bridgehead atoms. The second kappa shape index (κ2) is 8.72. The molecule has 0 aromatic carbocycles. The van der Waals surface area contributed by atoms with Crippen molar-refractivity contribution in [2.24, 2.45) is 0 Å². The number of aromatic nitrogens is 1. The van der Waals surface area contributed by atoms with Crippen molar-refractivity contribution in [1.82, 2.24) is 15.6 Å². The highest BCUT2D eigenvalue weighted by molar-refractivity contribution is 5.95. The predicted molar refractivity (Wildman–Crippen MR) is 78.4 cm³/mol. The maximum absolute atomic E-state index is 11.9. The lowest BCUT2D eigenvalue weighted by Gasteiger charge is -2.13. The zero-order valence-corrected chi connectivity index (χ0v) is 12.1. The number of amides is 2. The largest absolute Gasteiger partial charge is 0.384 e. The zero-order chi connectivity index (χ0) is 15.7. The van der Waals surface area contributed by atoms with Gasteiger partial charge in [0.15, 0.2) is 0 Å². The summed E-state index contributed by atoms with van der Waals surface area (Å²) >= 11 is 0. The Kier molecular flexibility index (Phi) is 6.92. The van der Waals surface area contributed by atoms with Crippen molar-refractivity contribution in [3.8, 4) is 11.8 Å². The molecule has 0 aliphatic heterocycles. The summed E-state index contributed by atoms with van der Waals surface area (Å²) < 4.78 is 0. The van der Waals surface area contributed by atoms with Crippen molar-refractivity contribution >= 4 is 11.8 Å². The van der Waals surface area contributed by atoms with Crippen LogP contribution in [0.3, 0.4) is 0 Å². The van der Waals surface area contributed by atoms with Gasteiger partial charge >= 0.3 is 0 Å². The standard InChI is InChI=1S/C15H19N3O3/c1-3-8-16-14(20)11(2)18-15(21)13-7-6-12(10-17-13)5-4-9-19/h6-7,10-11,19H,3,8-9H2,1-2H3,(H,16,20)(H,18,21). The SMILES string of the molecule is CCCNC(=O)C(C)NC(=O)c1ccc(C#CCO)cn1. The Labute approximate surface area is 124 Å². The topological polar surface area (TPSA) is 91.3 Å². The molecule has 1 unspecified atom stereocenters. The molecule has 6 nitrogen and oxygen atoms in total. The molecule has 0 fully saturated rings. The highest BCUT2D eigenvalue weighted by atomic mass is 16.2. The van der Waals surface area contributed by atoms with E-state index >= 15 is 0 Å². The van der Waals surface area contributed by atoms with Crippen LogP contribution in [0.4, 0.5) is 0 Å². The van der Waals surface area contributed by atoms with Gasteiger partial charge in [0.25, 0.3) is 5.91 Å². The monoisotopic (exact) mass is 289 g/mol. The van der Waals surface area contributed by atoms with Crippen LogP contribution in [0.25, 0.3) is 0 Å². The molecule has 2 amide bonds. The minimum absolute atomic E-state index is 0.208. The second-order valence-corrected chi connectivity index (χ2v) is 4.38. The molecule has 3 N–H and O–H groups in total. The zero-order valence-electron chi connectivity index (χ0n) is 12.1. The van der Waals surface area contributed by atoms with Crippen molar-refractivity contribution in [2.75, 3.05) is 13.2 Å². The molecule has 1 atom stereocenters. The third-order valence-corrected chi connectivity index (χ3v) is 2.60. The summed E-state index contributed by atoms with van der Waals surface area (Å²) in [5.74, 6) is 4.53. The van der Waals surface area contributed by atoms with Crippen LogP contribution in [0, 0.1) is 11.8 Å². The summed E-state index contributed by atoms with van der Waals surface area (Å²) in [4.78, 5) is 27.6. The van der Waals surface area contributed by atoms with Crippen LogP contribution in [-0.4, -0.2) is 41.1 Å². The normalized spacial score (nSPS) is 11.0. The molecule has 21 heavy (non-hydrogen) atoms. The van der Waals surface area contributed by atoms with E-state index in [0.717, 1.165) is 6.42 Å². The smallest absolute Gasteiger partial charge is 0.270 e. The average molecular weight is 289 g/mol. The molecule has 0 radical (unpaired) electrons. The molecule has 1 rings (SSSR count). The number of carbonyl (C=O) groups is 2. The van der Waals surface area contributed by atoms with Gasteiger partial charge in [-0.1, -0.05) is 18.8 Å². The van der Waals surface area contributed by atoms with Crippen LogP contribution >= 0.6 is 0 Å². The first-order valence-electron chi connectivity index (χ1n) is 6.72. The molecule has 0 aliphatic rings. The van der Waals surface area contributed by atoms with Crippen LogP contribution in [0.1, 0.15) is 36.3 Å². The van der Waals surface area contributed by atoms with E-state index in [-0.39, 0.29) is 18.2 Å². The number of hydrogen-bond acceptors (Lipinski definition) is 4. The minimum Gasteiger partial charge on any atom is -0.384 e. The van der Waals surface area contributed by atoms with Crippen molar-refractivity contribution in [1.29, 1.82) is 0 Å². The van der Waals surface area contributed by atoms with Crippen LogP contribution in [0.15, 0.2) is 18.3 Å². The molecule has 0 saturated carbocycles. The molecule has 1 aromatic rings. The number of aliphatic hydroxyl groups is 1. The van der Waals surface area contributed by atoms with Crippen LogP contribution in [-0.2, 0) is 4.79 Å². The molecule has 1 aromatic heterocycles. The minimum atomic E-state index is -0.625. The van der Waals surface area contributed by atoms with Crippen molar-refractivity contribution in [2.45, 2.75) is 26.3 Å². The van der Waals surface area contributed by atoms with E-state index in [1.807, 2.05) is 6.92 Å². The number of aliphatic hydroxyl groups excluding tert-OH is 1. The number of hydrogen-bond donors (Lipinski definition) is 3. The number of carbonyl (C=O) groups excluding carboxylic acids is 2. The Morgan fingerprint density at radius 2 is 2.19 bits per heavy atom. The maximum Gasteiger partial charge on any atom is 0.270 e. The van der Waals surface area contributed by atoms with Gasteiger partial charge in [0.1, 0.15) is 18.3 Å². The quantitative estimate of drug-likeness (QED) is 0.669. The van der Waals surface area contributed by atoms with Gasteiger partial charge in [-0.15, -0.1) is 0 Å². The van der Waals surface area contributed by atoms with Crippen LogP contribution in [0.5, 0.6) is 0 Å². The molecule has 1 heterocycles. The van der Waals surface area contributed by atoms with E-state index in [0.29, 0.717) is 12.1 Å². The lowest BCUT2D eigenvalue weighted by molar-refractivity contribution is -0.122. The first kappa shape index (κ1) is 16.7. The molecular formula is C15H19N3O3. The summed E-state index contributed by atoms with van der Waals surface area (Å²) in [5.41, 5.74) is 0.814. The van der Waals surface area contributed by atoms with Crippen molar-refractivity contribution in [3.05, 3.63) is 29.6 Å². The highest BCUT2D eigenvalue weighted by Gasteiger charge is 2.16. The Morgan fingerprint density at radius 3 is 2.76 bits per heavy atom. The number of nitrogens with one attached hydrogen (secondary N) is 2.